The number of rotatable bonds is 5. The summed E-state index contributed by atoms with van der Waals surface area (Å²) in [6.07, 6.45) is 1.58. The minimum atomic E-state index is -0.521. The molecule has 1 aromatic rings. The lowest BCUT2D eigenvalue weighted by Crippen LogP contribution is -2.39. The van der Waals surface area contributed by atoms with Gasteiger partial charge in [0.2, 0.25) is 0 Å². The van der Waals surface area contributed by atoms with Gasteiger partial charge < -0.3 is 14.8 Å². The molecule has 1 aromatic carbocycles. The van der Waals surface area contributed by atoms with Crippen LogP contribution in [0.4, 0.5) is 5.69 Å². The summed E-state index contributed by atoms with van der Waals surface area (Å²) in [5, 5.41) is 2.71. The summed E-state index contributed by atoms with van der Waals surface area (Å²) < 4.78 is 10.6. The van der Waals surface area contributed by atoms with Crippen molar-refractivity contribution in [2.24, 2.45) is 23.7 Å². The van der Waals surface area contributed by atoms with Crippen LogP contribution < -0.4 is 5.32 Å². The van der Waals surface area contributed by atoms with Crippen molar-refractivity contribution in [3.8, 4) is 0 Å². The van der Waals surface area contributed by atoms with Gasteiger partial charge in [-0.05, 0) is 36.5 Å². The Morgan fingerprint density at radius 2 is 2.00 bits per heavy atom. The summed E-state index contributed by atoms with van der Waals surface area (Å²) in [6.45, 7) is 1.70. The SMILES string of the molecule is CCc1ccc(NC(=O)COC(=O)[C@@H]2[C@H]3C[C@H]4[C@H](OC(=O)[C@H]42)[C@H]3Br)cc1. The summed E-state index contributed by atoms with van der Waals surface area (Å²) in [4.78, 5) is 36.6. The average Bonchev–Trinajstić information content (AvgIpc) is 3.24. The van der Waals surface area contributed by atoms with E-state index < -0.39 is 23.7 Å². The van der Waals surface area contributed by atoms with Crippen LogP contribution in [0, 0.1) is 23.7 Å². The average molecular weight is 422 g/mol. The maximum atomic E-state index is 12.5. The van der Waals surface area contributed by atoms with E-state index in [2.05, 4.69) is 28.2 Å². The molecule has 3 fully saturated rings. The molecule has 1 aliphatic heterocycles. The Balaban J connectivity index is 1.34. The fourth-order valence-electron chi connectivity index (χ4n) is 4.55. The van der Waals surface area contributed by atoms with Crippen LogP contribution >= 0.6 is 15.9 Å². The van der Waals surface area contributed by atoms with Crippen LogP contribution in [0.2, 0.25) is 0 Å². The normalized spacial score (nSPS) is 33.8. The van der Waals surface area contributed by atoms with E-state index in [9.17, 15) is 14.4 Å². The first-order valence-electron chi connectivity index (χ1n) is 8.89. The molecule has 6 nitrogen and oxygen atoms in total. The van der Waals surface area contributed by atoms with Crippen molar-refractivity contribution in [3.05, 3.63) is 29.8 Å². The molecule has 7 heteroatoms. The molecule has 2 saturated carbocycles. The highest BCUT2D eigenvalue weighted by Crippen LogP contribution is 2.60. The zero-order chi connectivity index (χ0) is 18.4. The number of fused-ring (bicyclic) bond motifs is 1. The van der Waals surface area contributed by atoms with Gasteiger partial charge in [-0.3, -0.25) is 14.4 Å². The molecule has 3 aliphatic rings. The summed E-state index contributed by atoms with van der Waals surface area (Å²) in [7, 11) is 0. The van der Waals surface area contributed by atoms with Gasteiger partial charge in [-0.1, -0.05) is 35.0 Å². The Bertz CT molecular complexity index is 749. The van der Waals surface area contributed by atoms with Crippen molar-refractivity contribution in [2.75, 3.05) is 11.9 Å². The number of nitrogens with one attached hydrogen (secondary N) is 1. The van der Waals surface area contributed by atoms with Gasteiger partial charge in [-0.15, -0.1) is 0 Å². The zero-order valence-electron chi connectivity index (χ0n) is 14.3. The van der Waals surface area contributed by atoms with E-state index in [1.165, 1.54) is 5.56 Å². The summed E-state index contributed by atoms with van der Waals surface area (Å²) in [6, 6.07) is 7.52. The second-order valence-electron chi connectivity index (χ2n) is 7.17. The van der Waals surface area contributed by atoms with Crippen molar-refractivity contribution in [1.82, 2.24) is 0 Å². The molecule has 1 saturated heterocycles. The van der Waals surface area contributed by atoms with E-state index in [0.717, 1.165) is 12.8 Å². The lowest BCUT2D eigenvalue weighted by molar-refractivity contribution is -0.157. The monoisotopic (exact) mass is 421 g/mol. The molecular weight excluding hydrogens is 402 g/mol. The van der Waals surface area contributed by atoms with Gasteiger partial charge in [0.1, 0.15) is 6.10 Å². The quantitative estimate of drug-likeness (QED) is 0.582. The first-order chi connectivity index (χ1) is 12.5. The molecule has 138 valence electrons. The number of carbonyl (C=O) groups excluding carboxylic acids is 3. The zero-order valence-corrected chi connectivity index (χ0v) is 15.9. The van der Waals surface area contributed by atoms with Gasteiger partial charge in [-0.25, -0.2) is 0 Å². The number of hydrogen-bond donors (Lipinski definition) is 1. The highest BCUT2D eigenvalue weighted by molar-refractivity contribution is 9.09. The maximum Gasteiger partial charge on any atom is 0.310 e. The maximum absolute atomic E-state index is 12.5. The van der Waals surface area contributed by atoms with Crippen LogP contribution in [0.25, 0.3) is 0 Å². The van der Waals surface area contributed by atoms with Crippen molar-refractivity contribution < 1.29 is 23.9 Å². The Morgan fingerprint density at radius 3 is 2.69 bits per heavy atom. The summed E-state index contributed by atoms with van der Waals surface area (Å²) in [5.41, 5.74) is 1.84. The number of esters is 2. The molecule has 6 atom stereocenters. The number of hydrogen-bond acceptors (Lipinski definition) is 5. The minimum Gasteiger partial charge on any atom is -0.461 e. The fourth-order valence-corrected chi connectivity index (χ4v) is 5.59. The fraction of sp³-hybridized carbons (Fsp3) is 0.526. The standard InChI is InChI=1S/C19H20BrNO5/c1-2-9-3-5-10(6-4-9)21-13(22)8-25-18(23)14-11-7-12-15(14)19(24)26-17(12)16(11)20/h3-6,11-12,14-17H,2,7-8H2,1H3,(H,21,22)/t11-,12-,14-,15-,16+,17+/m1/s1. The lowest BCUT2D eigenvalue weighted by Gasteiger charge is -2.26. The molecule has 0 aromatic heterocycles. The number of benzene rings is 1. The van der Waals surface area contributed by atoms with E-state index in [0.29, 0.717) is 5.69 Å². The van der Waals surface area contributed by atoms with E-state index in [-0.39, 0.29) is 35.3 Å². The molecule has 2 aliphatic carbocycles. The van der Waals surface area contributed by atoms with Crippen LogP contribution in [0.1, 0.15) is 18.9 Å². The second kappa shape index (κ2) is 6.68. The molecule has 1 amide bonds. The Kier molecular flexibility index (Phi) is 4.50. The van der Waals surface area contributed by atoms with Gasteiger partial charge in [0.05, 0.1) is 16.7 Å². The third kappa shape index (κ3) is 2.82. The molecule has 0 spiro atoms. The molecule has 26 heavy (non-hydrogen) atoms. The number of amides is 1. The predicted molar refractivity (Wildman–Crippen MR) is 96.6 cm³/mol. The highest BCUT2D eigenvalue weighted by atomic mass is 79.9. The molecule has 0 radical (unpaired) electrons. The number of carbonyl (C=O) groups is 3. The van der Waals surface area contributed by atoms with Crippen LogP contribution in [-0.4, -0.2) is 35.4 Å². The summed E-state index contributed by atoms with van der Waals surface area (Å²) in [5.74, 6) is -2.03. The molecule has 1 heterocycles. The first kappa shape index (κ1) is 17.5. The van der Waals surface area contributed by atoms with Crippen LogP contribution in [-0.2, 0) is 30.3 Å². The Morgan fingerprint density at radius 1 is 1.27 bits per heavy atom. The predicted octanol–water partition coefficient (Wildman–Crippen LogP) is 2.30. The lowest BCUT2D eigenvalue weighted by atomic mass is 9.80. The number of aryl methyl sites for hydroxylation is 1. The van der Waals surface area contributed by atoms with Crippen LogP contribution in [0.3, 0.4) is 0 Å². The van der Waals surface area contributed by atoms with Gasteiger partial charge in [0, 0.05) is 11.6 Å². The van der Waals surface area contributed by atoms with E-state index in [4.69, 9.17) is 9.47 Å². The number of ether oxygens (including phenoxy) is 2. The summed E-state index contributed by atoms with van der Waals surface area (Å²) >= 11 is 3.56. The van der Waals surface area contributed by atoms with E-state index in [1.54, 1.807) is 0 Å². The van der Waals surface area contributed by atoms with Gasteiger partial charge in [0.15, 0.2) is 6.61 Å². The molecule has 4 rings (SSSR count). The number of alkyl halides is 1. The van der Waals surface area contributed by atoms with Crippen molar-refractivity contribution in [3.63, 3.8) is 0 Å². The topological polar surface area (TPSA) is 81.7 Å². The number of anilines is 1. The van der Waals surface area contributed by atoms with E-state index in [1.807, 2.05) is 24.3 Å². The van der Waals surface area contributed by atoms with Gasteiger partial charge >= 0.3 is 11.9 Å². The third-order valence-electron chi connectivity index (χ3n) is 5.79. The Labute approximate surface area is 159 Å². The molecular formula is C19H20BrNO5. The van der Waals surface area contributed by atoms with Gasteiger partial charge in [-0.2, -0.15) is 0 Å². The first-order valence-corrected chi connectivity index (χ1v) is 9.81. The largest absolute Gasteiger partial charge is 0.461 e. The van der Waals surface area contributed by atoms with Crippen molar-refractivity contribution in [1.29, 1.82) is 0 Å². The molecule has 0 unspecified atom stereocenters. The number of halogens is 1. The highest BCUT2D eigenvalue weighted by Gasteiger charge is 2.68. The smallest absolute Gasteiger partial charge is 0.310 e. The van der Waals surface area contributed by atoms with Crippen molar-refractivity contribution in [2.45, 2.75) is 30.7 Å². The third-order valence-corrected chi connectivity index (χ3v) is 6.99. The van der Waals surface area contributed by atoms with Crippen LogP contribution in [0.5, 0.6) is 0 Å². The molecule has 2 bridgehead atoms. The second-order valence-corrected chi connectivity index (χ2v) is 8.22. The minimum absolute atomic E-state index is 0.0151. The Hall–Kier alpha value is -1.89. The molecule has 1 N–H and O–H groups in total. The van der Waals surface area contributed by atoms with Gasteiger partial charge in [0.25, 0.3) is 5.91 Å². The van der Waals surface area contributed by atoms with Crippen LogP contribution in [0.15, 0.2) is 24.3 Å². The van der Waals surface area contributed by atoms with Crippen molar-refractivity contribution >= 4 is 39.5 Å². The van der Waals surface area contributed by atoms with E-state index >= 15 is 0 Å².